The van der Waals surface area contributed by atoms with E-state index >= 15 is 0 Å². The zero-order valence-electron chi connectivity index (χ0n) is 13.5. The number of carbonyl (C=O) groups excluding carboxylic acids is 1. The molecule has 0 aliphatic heterocycles. The molecule has 0 aromatic carbocycles. The van der Waals surface area contributed by atoms with Crippen LogP contribution in [0.25, 0.3) is 22.0 Å². The quantitative estimate of drug-likeness (QED) is 0.468. The molecular weight excluding hydrogens is 378 g/mol. The monoisotopic (exact) mass is 388 g/mol. The van der Waals surface area contributed by atoms with Crippen molar-refractivity contribution >= 4 is 17.6 Å². The molecule has 0 atom stereocenters. The molecule has 4 aromatic rings. The maximum Gasteiger partial charge on any atom is 0.314 e. The van der Waals surface area contributed by atoms with E-state index in [2.05, 4.69) is 25.5 Å². The fraction of sp³-hybridized carbons (Fsp3) is 0.125. The summed E-state index contributed by atoms with van der Waals surface area (Å²) in [7, 11) is 0. The molecule has 0 unspecified atom stereocenters. The van der Waals surface area contributed by atoms with Gasteiger partial charge in [0.05, 0.1) is 33.8 Å². The van der Waals surface area contributed by atoms with Crippen LogP contribution in [0.15, 0.2) is 41.1 Å². The first-order chi connectivity index (χ1) is 13.1. The molecule has 0 bridgehead atoms. The van der Waals surface area contributed by atoms with Crippen LogP contribution < -0.4 is 0 Å². The zero-order chi connectivity index (χ0) is 18.8. The standard InChI is InChI=1S/C16H10F2N6O2S/c17-14(18)16-22-21-15(26-16)9-1-2-10(19-5-9)6-24-7-12(20-23-24)13-4-3-11(8-25)27-13/h1-5,7-8,14H,6H2. The summed E-state index contributed by atoms with van der Waals surface area (Å²) in [6.45, 7) is 0.366. The minimum atomic E-state index is -2.81. The molecule has 0 fully saturated rings. The minimum absolute atomic E-state index is 0.0175. The Balaban J connectivity index is 1.47. The third-order valence-electron chi connectivity index (χ3n) is 3.56. The molecular formula is C16H10F2N6O2S. The molecule has 4 rings (SSSR count). The smallest absolute Gasteiger partial charge is 0.314 e. The number of aromatic nitrogens is 6. The van der Waals surface area contributed by atoms with E-state index in [1.807, 2.05) is 6.07 Å². The first-order valence-electron chi connectivity index (χ1n) is 7.65. The number of hydrogen-bond acceptors (Lipinski definition) is 8. The van der Waals surface area contributed by atoms with Crippen LogP contribution in [0.1, 0.15) is 27.7 Å². The van der Waals surface area contributed by atoms with Gasteiger partial charge in [0.25, 0.3) is 5.89 Å². The molecule has 8 nitrogen and oxygen atoms in total. The maximum atomic E-state index is 12.5. The van der Waals surface area contributed by atoms with Crippen LogP contribution in [0.5, 0.6) is 0 Å². The highest BCUT2D eigenvalue weighted by Crippen LogP contribution is 2.25. The summed E-state index contributed by atoms with van der Waals surface area (Å²) in [4.78, 5) is 16.5. The van der Waals surface area contributed by atoms with Gasteiger partial charge >= 0.3 is 6.43 Å². The highest BCUT2D eigenvalue weighted by Gasteiger charge is 2.17. The van der Waals surface area contributed by atoms with Crippen LogP contribution in [0.4, 0.5) is 8.78 Å². The topological polar surface area (TPSA) is 99.6 Å². The molecule has 0 saturated carbocycles. The fourth-order valence-corrected chi connectivity index (χ4v) is 3.06. The van der Waals surface area contributed by atoms with Crippen LogP contribution in [-0.2, 0) is 6.54 Å². The van der Waals surface area contributed by atoms with E-state index < -0.39 is 12.3 Å². The van der Waals surface area contributed by atoms with Gasteiger partial charge in [-0.3, -0.25) is 9.78 Å². The Morgan fingerprint density at radius 3 is 2.74 bits per heavy atom. The summed E-state index contributed by atoms with van der Waals surface area (Å²) < 4.78 is 31.5. The highest BCUT2D eigenvalue weighted by molar-refractivity contribution is 7.17. The Labute approximate surface area is 154 Å². The average molecular weight is 388 g/mol. The van der Waals surface area contributed by atoms with E-state index in [9.17, 15) is 13.6 Å². The summed E-state index contributed by atoms with van der Waals surface area (Å²) in [5, 5.41) is 15.0. The summed E-state index contributed by atoms with van der Waals surface area (Å²) in [6, 6.07) is 6.90. The van der Waals surface area contributed by atoms with Crippen LogP contribution >= 0.6 is 11.3 Å². The lowest BCUT2D eigenvalue weighted by molar-refractivity contribution is 0.112. The largest absolute Gasteiger partial charge is 0.415 e. The van der Waals surface area contributed by atoms with Gasteiger partial charge in [0.1, 0.15) is 5.69 Å². The fourth-order valence-electron chi connectivity index (χ4n) is 2.29. The van der Waals surface area contributed by atoms with Crippen molar-refractivity contribution in [1.82, 2.24) is 30.2 Å². The number of hydrogen-bond donors (Lipinski definition) is 0. The number of pyridine rings is 1. The summed E-state index contributed by atoms with van der Waals surface area (Å²) in [6.07, 6.45) is 1.19. The molecule has 0 saturated heterocycles. The number of nitrogens with zero attached hydrogens (tertiary/aromatic N) is 6. The highest BCUT2D eigenvalue weighted by atomic mass is 32.1. The van der Waals surface area contributed by atoms with Crippen molar-refractivity contribution < 1.29 is 18.0 Å². The Hall–Kier alpha value is -3.34. The maximum absolute atomic E-state index is 12.5. The van der Waals surface area contributed by atoms with Crippen molar-refractivity contribution in [3.63, 3.8) is 0 Å². The van der Waals surface area contributed by atoms with Crippen molar-refractivity contribution in [2.45, 2.75) is 13.0 Å². The number of aldehydes is 1. The lowest BCUT2D eigenvalue weighted by Crippen LogP contribution is -2.02. The lowest BCUT2D eigenvalue weighted by atomic mass is 10.2. The predicted molar refractivity (Wildman–Crippen MR) is 90.3 cm³/mol. The molecule has 4 heterocycles. The van der Waals surface area contributed by atoms with Gasteiger partial charge in [0.15, 0.2) is 6.29 Å². The molecule has 0 N–H and O–H groups in total. The Morgan fingerprint density at radius 1 is 1.19 bits per heavy atom. The molecule has 4 aromatic heterocycles. The van der Waals surface area contributed by atoms with E-state index in [0.29, 0.717) is 28.4 Å². The molecule has 11 heteroatoms. The number of alkyl halides is 2. The van der Waals surface area contributed by atoms with Crippen LogP contribution in [0.3, 0.4) is 0 Å². The number of carbonyl (C=O) groups is 1. The van der Waals surface area contributed by atoms with Gasteiger partial charge in [-0.1, -0.05) is 5.21 Å². The van der Waals surface area contributed by atoms with Gasteiger partial charge in [0.2, 0.25) is 5.89 Å². The van der Waals surface area contributed by atoms with Gasteiger partial charge < -0.3 is 4.42 Å². The van der Waals surface area contributed by atoms with Crippen LogP contribution in [-0.4, -0.2) is 36.5 Å². The molecule has 0 aliphatic rings. The van der Waals surface area contributed by atoms with Crippen molar-refractivity contribution in [3.8, 4) is 22.0 Å². The second kappa shape index (κ2) is 7.11. The van der Waals surface area contributed by atoms with Crippen molar-refractivity contribution in [3.05, 3.63) is 53.1 Å². The van der Waals surface area contributed by atoms with Crippen LogP contribution in [0.2, 0.25) is 0 Å². The molecule has 0 spiro atoms. The molecule has 0 amide bonds. The van der Waals surface area contributed by atoms with Gasteiger partial charge in [-0.25, -0.2) is 4.68 Å². The molecule has 0 aliphatic carbocycles. The zero-order valence-corrected chi connectivity index (χ0v) is 14.3. The number of halogens is 2. The van der Waals surface area contributed by atoms with Gasteiger partial charge in [-0.2, -0.15) is 8.78 Å². The van der Waals surface area contributed by atoms with E-state index in [1.165, 1.54) is 17.5 Å². The van der Waals surface area contributed by atoms with E-state index in [-0.39, 0.29) is 5.89 Å². The second-order valence-corrected chi connectivity index (χ2v) is 6.52. The first-order valence-corrected chi connectivity index (χ1v) is 8.46. The Morgan fingerprint density at radius 2 is 2.07 bits per heavy atom. The first kappa shape index (κ1) is 17.1. The van der Waals surface area contributed by atoms with Crippen molar-refractivity contribution in [1.29, 1.82) is 0 Å². The average Bonchev–Trinajstić information content (AvgIpc) is 3.42. The van der Waals surface area contributed by atoms with Crippen molar-refractivity contribution in [2.75, 3.05) is 0 Å². The van der Waals surface area contributed by atoms with Gasteiger partial charge in [-0.15, -0.1) is 26.6 Å². The van der Waals surface area contributed by atoms with Gasteiger partial charge in [0, 0.05) is 6.20 Å². The predicted octanol–water partition coefficient (Wildman–Crippen LogP) is 3.25. The summed E-state index contributed by atoms with van der Waals surface area (Å²) in [5.74, 6) is -0.744. The lowest BCUT2D eigenvalue weighted by Gasteiger charge is -2.01. The number of rotatable bonds is 6. The third kappa shape index (κ3) is 3.62. The van der Waals surface area contributed by atoms with E-state index in [0.717, 1.165) is 11.2 Å². The second-order valence-electron chi connectivity index (χ2n) is 5.41. The van der Waals surface area contributed by atoms with Crippen molar-refractivity contribution in [2.24, 2.45) is 0 Å². The molecule has 136 valence electrons. The summed E-state index contributed by atoms with van der Waals surface area (Å²) in [5.41, 5.74) is 1.79. The summed E-state index contributed by atoms with van der Waals surface area (Å²) >= 11 is 1.33. The molecule has 0 radical (unpaired) electrons. The molecule has 27 heavy (non-hydrogen) atoms. The van der Waals surface area contributed by atoms with Crippen LogP contribution in [0, 0.1) is 0 Å². The Bertz CT molecular complexity index is 1070. The SMILES string of the molecule is O=Cc1ccc(-c2cn(Cc3ccc(-c4nnc(C(F)F)o4)cn3)nn2)s1. The minimum Gasteiger partial charge on any atom is -0.415 e. The van der Waals surface area contributed by atoms with Gasteiger partial charge in [-0.05, 0) is 24.3 Å². The Kier molecular flexibility index (Phi) is 4.50. The normalized spacial score (nSPS) is 11.2. The van der Waals surface area contributed by atoms with E-state index in [4.69, 9.17) is 4.42 Å². The van der Waals surface area contributed by atoms with E-state index in [1.54, 1.807) is 29.1 Å². The third-order valence-corrected chi connectivity index (χ3v) is 4.59. The number of thiophene rings is 1.